The van der Waals surface area contributed by atoms with E-state index in [0.717, 1.165) is 16.6 Å². The van der Waals surface area contributed by atoms with Gasteiger partial charge in [-0.3, -0.25) is 19.3 Å². The topological polar surface area (TPSA) is 66.9 Å². The number of carbonyl (C=O) groups excluding carboxylic acids is 3. The maximum absolute atomic E-state index is 12.3. The van der Waals surface area contributed by atoms with Crippen molar-refractivity contribution in [3.05, 3.63) is 27.3 Å². The lowest BCUT2D eigenvalue weighted by atomic mass is 10.3. The normalized spacial score (nSPS) is 16.5. The van der Waals surface area contributed by atoms with Crippen LogP contribution in [0.5, 0.6) is 0 Å². The molecule has 0 atom stereocenters. The zero-order valence-corrected chi connectivity index (χ0v) is 15.3. The minimum absolute atomic E-state index is 0.194. The second-order valence-corrected chi connectivity index (χ2v) is 7.45. The van der Waals surface area contributed by atoms with E-state index in [1.165, 1.54) is 16.2 Å². The molecule has 2 amide bonds. The minimum Gasteiger partial charge on any atom is -0.464 e. The summed E-state index contributed by atoms with van der Waals surface area (Å²) in [5, 5.41) is 1.63. The van der Waals surface area contributed by atoms with E-state index in [4.69, 9.17) is 4.74 Å². The van der Waals surface area contributed by atoms with Crippen LogP contribution in [0.3, 0.4) is 0 Å². The van der Waals surface area contributed by atoms with E-state index in [1.807, 2.05) is 36.5 Å². The maximum atomic E-state index is 12.3. The number of carbonyl (C=O) groups is 3. The number of hydrogen-bond donors (Lipinski definition) is 0. The first-order valence-corrected chi connectivity index (χ1v) is 9.26. The summed E-state index contributed by atoms with van der Waals surface area (Å²) < 4.78 is 5.08. The Kier molecular flexibility index (Phi) is 7.01. The standard InChI is InChI=1S/C16H20N2O4S2/c1-17(2)8-9-22-14(19)6-3-7-18-15(20)13(24-16(18)21)11-12-5-4-10-23-12/h4-5,10-11H,3,6-9H2,1-2H3/b13-11+. The zero-order valence-electron chi connectivity index (χ0n) is 13.7. The van der Waals surface area contributed by atoms with Crippen LogP contribution in [-0.4, -0.2) is 60.7 Å². The molecule has 24 heavy (non-hydrogen) atoms. The molecule has 0 radical (unpaired) electrons. The Morgan fingerprint density at radius 3 is 2.83 bits per heavy atom. The molecule has 0 bridgehead atoms. The number of thioether (sulfide) groups is 1. The lowest BCUT2D eigenvalue weighted by Crippen LogP contribution is -2.29. The first-order chi connectivity index (χ1) is 11.5. The van der Waals surface area contributed by atoms with Crippen molar-refractivity contribution in [3.8, 4) is 0 Å². The van der Waals surface area contributed by atoms with Gasteiger partial charge in [-0.15, -0.1) is 11.3 Å². The van der Waals surface area contributed by atoms with Gasteiger partial charge in [0.2, 0.25) is 0 Å². The lowest BCUT2D eigenvalue weighted by Gasteiger charge is -2.12. The van der Waals surface area contributed by atoms with Crippen molar-refractivity contribution in [1.29, 1.82) is 0 Å². The highest BCUT2D eigenvalue weighted by molar-refractivity contribution is 8.18. The molecule has 0 aliphatic carbocycles. The number of thiophene rings is 1. The molecule has 1 aromatic rings. The van der Waals surface area contributed by atoms with Gasteiger partial charge in [-0.2, -0.15) is 0 Å². The van der Waals surface area contributed by atoms with Crippen LogP contribution in [-0.2, 0) is 14.3 Å². The van der Waals surface area contributed by atoms with Crippen molar-refractivity contribution in [1.82, 2.24) is 9.80 Å². The van der Waals surface area contributed by atoms with Gasteiger partial charge in [-0.25, -0.2) is 0 Å². The van der Waals surface area contributed by atoms with Gasteiger partial charge in [-0.05, 0) is 49.8 Å². The highest BCUT2D eigenvalue weighted by Gasteiger charge is 2.34. The molecule has 0 spiro atoms. The summed E-state index contributed by atoms with van der Waals surface area (Å²) >= 11 is 2.45. The van der Waals surface area contributed by atoms with Gasteiger partial charge in [0.25, 0.3) is 11.1 Å². The summed E-state index contributed by atoms with van der Waals surface area (Å²) in [4.78, 5) is 40.3. The average Bonchev–Trinajstić information content (AvgIpc) is 3.11. The van der Waals surface area contributed by atoms with Crippen LogP contribution in [0, 0.1) is 0 Å². The summed E-state index contributed by atoms with van der Waals surface area (Å²) in [7, 11) is 3.80. The highest BCUT2D eigenvalue weighted by atomic mass is 32.2. The van der Waals surface area contributed by atoms with Crippen LogP contribution < -0.4 is 0 Å². The van der Waals surface area contributed by atoms with E-state index in [1.54, 1.807) is 6.08 Å². The Balaban J connectivity index is 1.78. The van der Waals surface area contributed by atoms with Gasteiger partial charge in [-0.1, -0.05) is 6.07 Å². The molecular formula is C16H20N2O4S2. The molecule has 0 N–H and O–H groups in total. The molecule has 1 aromatic heterocycles. The quantitative estimate of drug-likeness (QED) is 0.519. The van der Waals surface area contributed by atoms with Crippen molar-refractivity contribution in [2.45, 2.75) is 12.8 Å². The summed E-state index contributed by atoms with van der Waals surface area (Å²) in [6.07, 6.45) is 2.33. The predicted molar refractivity (Wildman–Crippen MR) is 95.7 cm³/mol. The van der Waals surface area contributed by atoms with Crippen molar-refractivity contribution < 1.29 is 19.1 Å². The fourth-order valence-electron chi connectivity index (χ4n) is 1.99. The summed E-state index contributed by atoms with van der Waals surface area (Å²) in [6, 6.07) is 3.78. The van der Waals surface area contributed by atoms with Crippen LogP contribution in [0.25, 0.3) is 6.08 Å². The monoisotopic (exact) mass is 368 g/mol. The van der Waals surface area contributed by atoms with Crippen LogP contribution >= 0.6 is 23.1 Å². The molecule has 0 unspecified atom stereocenters. The molecule has 0 aromatic carbocycles. The number of ether oxygens (including phenoxy) is 1. The van der Waals surface area contributed by atoms with Gasteiger partial charge in [0, 0.05) is 24.4 Å². The molecule has 1 aliphatic rings. The van der Waals surface area contributed by atoms with E-state index in [-0.39, 0.29) is 30.1 Å². The van der Waals surface area contributed by atoms with Crippen molar-refractivity contribution in [3.63, 3.8) is 0 Å². The molecule has 1 aliphatic heterocycles. The number of likely N-dealkylation sites (N-methyl/N-ethyl adjacent to an activating group) is 1. The van der Waals surface area contributed by atoms with E-state index in [2.05, 4.69) is 0 Å². The molecule has 1 saturated heterocycles. The highest BCUT2D eigenvalue weighted by Crippen LogP contribution is 2.33. The number of esters is 1. The largest absolute Gasteiger partial charge is 0.464 e. The van der Waals surface area contributed by atoms with E-state index < -0.39 is 0 Å². The minimum atomic E-state index is -0.307. The number of imide groups is 1. The molecule has 2 heterocycles. The molecule has 2 rings (SSSR count). The van der Waals surface area contributed by atoms with E-state index in [9.17, 15) is 14.4 Å². The molecule has 6 nitrogen and oxygen atoms in total. The molecular weight excluding hydrogens is 348 g/mol. The summed E-state index contributed by atoms with van der Waals surface area (Å²) in [5.74, 6) is -0.600. The maximum Gasteiger partial charge on any atom is 0.305 e. The third kappa shape index (κ3) is 5.47. The Bertz CT molecular complexity index is 626. The van der Waals surface area contributed by atoms with Crippen molar-refractivity contribution in [2.75, 3.05) is 33.8 Å². The van der Waals surface area contributed by atoms with Crippen molar-refractivity contribution >= 4 is 46.3 Å². The molecule has 1 fully saturated rings. The Hall–Kier alpha value is -1.64. The van der Waals surface area contributed by atoms with Crippen molar-refractivity contribution in [2.24, 2.45) is 0 Å². The third-order valence-corrected chi connectivity index (χ3v) is 4.98. The first-order valence-electron chi connectivity index (χ1n) is 7.56. The molecule has 0 saturated carbocycles. The van der Waals surface area contributed by atoms with Gasteiger partial charge in [0.05, 0.1) is 4.91 Å². The zero-order chi connectivity index (χ0) is 17.5. The predicted octanol–water partition coefficient (Wildman–Crippen LogP) is 2.67. The number of nitrogens with zero attached hydrogens (tertiary/aromatic N) is 2. The Morgan fingerprint density at radius 2 is 2.17 bits per heavy atom. The van der Waals surface area contributed by atoms with Gasteiger partial charge in [0.15, 0.2) is 0 Å². The fraction of sp³-hybridized carbons (Fsp3) is 0.438. The fourth-order valence-corrected chi connectivity index (χ4v) is 3.58. The van der Waals surface area contributed by atoms with Gasteiger partial charge >= 0.3 is 5.97 Å². The van der Waals surface area contributed by atoms with E-state index in [0.29, 0.717) is 24.5 Å². The average molecular weight is 368 g/mol. The molecule has 130 valence electrons. The third-order valence-electron chi connectivity index (χ3n) is 3.25. The van der Waals surface area contributed by atoms with Crippen LogP contribution in [0.2, 0.25) is 0 Å². The summed E-state index contributed by atoms with van der Waals surface area (Å²) in [5.41, 5.74) is 0. The first kappa shape index (κ1) is 18.7. The van der Waals surface area contributed by atoms with Gasteiger partial charge in [0.1, 0.15) is 6.61 Å². The van der Waals surface area contributed by atoms with Crippen LogP contribution in [0.1, 0.15) is 17.7 Å². The number of amides is 2. The smallest absolute Gasteiger partial charge is 0.305 e. The lowest BCUT2D eigenvalue weighted by molar-refractivity contribution is -0.144. The summed E-state index contributed by atoms with van der Waals surface area (Å²) in [6.45, 7) is 1.24. The van der Waals surface area contributed by atoms with E-state index >= 15 is 0 Å². The Labute approximate surface area is 149 Å². The molecule has 8 heteroatoms. The van der Waals surface area contributed by atoms with Gasteiger partial charge < -0.3 is 9.64 Å². The van der Waals surface area contributed by atoms with Crippen LogP contribution in [0.4, 0.5) is 4.79 Å². The number of rotatable bonds is 8. The number of hydrogen-bond acceptors (Lipinski definition) is 7. The second-order valence-electron chi connectivity index (χ2n) is 5.48. The Morgan fingerprint density at radius 1 is 1.38 bits per heavy atom. The van der Waals surface area contributed by atoms with Crippen LogP contribution in [0.15, 0.2) is 22.4 Å². The second kappa shape index (κ2) is 9.00. The SMILES string of the molecule is CN(C)CCOC(=O)CCCN1C(=O)S/C(=C/c2cccs2)C1=O.